The first kappa shape index (κ1) is 14.3. The van der Waals surface area contributed by atoms with E-state index in [1.807, 2.05) is 12.1 Å². The number of sulfone groups is 1. The topological polar surface area (TPSA) is 59.3 Å². The Labute approximate surface area is 103 Å². The van der Waals surface area contributed by atoms with Crippen LogP contribution in [-0.2, 0) is 16.4 Å². The van der Waals surface area contributed by atoms with Crippen molar-refractivity contribution in [2.24, 2.45) is 0 Å². The summed E-state index contributed by atoms with van der Waals surface area (Å²) >= 11 is 0. The van der Waals surface area contributed by atoms with Crippen molar-refractivity contribution in [1.82, 2.24) is 5.32 Å². The van der Waals surface area contributed by atoms with Crippen molar-refractivity contribution in [3.8, 4) is 0 Å². The molecule has 1 N–H and O–H groups in total. The molecule has 0 radical (unpaired) electrons. The van der Waals surface area contributed by atoms with Crippen LogP contribution in [0.15, 0.2) is 16.5 Å². The molecule has 1 aromatic rings. The molecule has 98 valence electrons. The fourth-order valence-electron chi connectivity index (χ4n) is 1.42. The number of rotatable bonds is 7. The van der Waals surface area contributed by atoms with E-state index in [2.05, 4.69) is 19.2 Å². The molecule has 0 saturated heterocycles. The molecule has 0 amide bonds. The van der Waals surface area contributed by atoms with E-state index in [-0.39, 0.29) is 5.75 Å². The van der Waals surface area contributed by atoms with E-state index in [0.29, 0.717) is 19.0 Å². The van der Waals surface area contributed by atoms with Crippen molar-refractivity contribution in [3.63, 3.8) is 0 Å². The van der Waals surface area contributed by atoms with Crippen molar-refractivity contribution < 1.29 is 12.8 Å². The number of furan rings is 1. The molecule has 17 heavy (non-hydrogen) atoms. The van der Waals surface area contributed by atoms with E-state index in [9.17, 15) is 8.42 Å². The smallest absolute Gasteiger partial charge is 0.148 e. The summed E-state index contributed by atoms with van der Waals surface area (Å²) in [6.07, 6.45) is 2.29. The number of hydrogen-bond acceptors (Lipinski definition) is 4. The quantitative estimate of drug-likeness (QED) is 0.760. The summed E-state index contributed by atoms with van der Waals surface area (Å²) in [6.45, 7) is 5.28. The van der Waals surface area contributed by atoms with Crippen LogP contribution in [0.4, 0.5) is 0 Å². The van der Waals surface area contributed by atoms with E-state index in [1.54, 1.807) is 0 Å². The second-order valence-electron chi connectivity index (χ2n) is 4.42. The van der Waals surface area contributed by atoms with Crippen LogP contribution in [0.5, 0.6) is 0 Å². The van der Waals surface area contributed by atoms with E-state index in [4.69, 9.17) is 4.42 Å². The Kier molecular flexibility index (Phi) is 5.21. The molecule has 0 aromatic carbocycles. The minimum atomic E-state index is -2.88. The molecular formula is C12H21NO3S. The van der Waals surface area contributed by atoms with Gasteiger partial charge in [0.1, 0.15) is 21.4 Å². The summed E-state index contributed by atoms with van der Waals surface area (Å²) in [5, 5.41) is 3.06. The summed E-state index contributed by atoms with van der Waals surface area (Å²) in [7, 11) is -2.88. The third-order valence-corrected chi connectivity index (χ3v) is 3.68. The molecule has 0 aliphatic carbocycles. The lowest BCUT2D eigenvalue weighted by Gasteiger charge is -2.04. The summed E-state index contributed by atoms with van der Waals surface area (Å²) in [6, 6.07) is 3.93. The molecule has 0 bridgehead atoms. The van der Waals surface area contributed by atoms with Gasteiger partial charge in [-0.15, -0.1) is 0 Å². The maximum atomic E-state index is 10.9. The van der Waals surface area contributed by atoms with Gasteiger partial charge in [0.25, 0.3) is 0 Å². The predicted octanol–water partition coefficient (Wildman–Crippen LogP) is 1.93. The summed E-state index contributed by atoms with van der Waals surface area (Å²) < 4.78 is 27.5. The average molecular weight is 259 g/mol. The van der Waals surface area contributed by atoms with Gasteiger partial charge in [-0.25, -0.2) is 8.42 Å². The normalized spacial score (nSPS) is 13.8. The van der Waals surface area contributed by atoms with Gasteiger partial charge in [0, 0.05) is 18.7 Å². The summed E-state index contributed by atoms with van der Waals surface area (Å²) in [5.74, 6) is 2.44. The molecule has 1 atom stereocenters. The molecular weight excluding hydrogens is 238 g/mol. The largest absolute Gasteiger partial charge is 0.464 e. The van der Waals surface area contributed by atoms with Crippen LogP contribution in [0.25, 0.3) is 0 Å². The first-order valence-electron chi connectivity index (χ1n) is 5.89. The Morgan fingerprint density at radius 1 is 1.41 bits per heavy atom. The Bertz CT molecular complexity index is 436. The molecule has 4 nitrogen and oxygen atoms in total. The van der Waals surface area contributed by atoms with E-state index in [1.165, 1.54) is 6.26 Å². The van der Waals surface area contributed by atoms with Crippen LogP contribution in [0.1, 0.15) is 37.7 Å². The van der Waals surface area contributed by atoms with E-state index in [0.717, 1.165) is 17.9 Å². The van der Waals surface area contributed by atoms with Crippen molar-refractivity contribution in [2.75, 3.05) is 18.6 Å². The first-order valence-corrected chi connectivity index (χ1v) is 7.95. The van der Waals surface area contributed by atoms with Gasteiger partial charge in [0.05, 0.1) is 12.3 Å². The molecule has 1 unspecified atom stereocenters. The maximum Gasteiger partial charge on any atom is 0.148 e. The van der Waals surface area contributed by atoms with Crippen LogP contribution >= 0.6 is 0 Å². The minimum absolute atomic E-state index is 0.159. The number of nitrogens with one attached hydrogen (secondary N) is 1. The molecule has 1 rings (SSSR count). The highest BCUT2D eigenvalue weighted by Crippen LogP contribution is 2.20. The SMILES string of the molecule is CCC(C)c1ccc(CNCCS(C)(=O)=O)o1. The van der Waals surface area contributed by atoms with Crippen molar-refractivity contribution in [1.29, 1.82) is 0 Å². The van der Waals surface area contributed by atoms with Gasteiger partial charge in [-0.3, -0.25) is 0 Å². The fourth-order valence-corrected chi connectivity index (χ4v) is 1.94. The minimum Gasteiger partial charge on any atom is -0.464 e. The van der Waals surface area contributed by atoms with Gasteiger partial charge in [-0.2, -0.15) is 0 Å². The van der Waals surface area contributed by atoms with Gasteiger partial charge in [-0.05, 0) is 18.6 Å². The monoisotopic (exact) mass is 259 g/mol. The number of hydrogen-bond donors (Lipinski definition) is 1. The van der Waals surface area contributed by atoms with Gasteiger partial charge >= 0.3 is 0 Å². The fraction of sp³-hybridized carbons (Fsp3) is 0.667. The molecule has 0 fully saturated rings. The molecule has 0 aliphatic rings. The highest BCUT2D eigenvalue weighted by Gasteiger charge is 2.08. The van der Waals surface area contributed by atoms with Gasteiger partial charge in [0.15, 0.2) is 0 Å². The Morgan fingerprint density at radius 3 is 2.71 bits per heavy atom. The molecule has 0 spiro atoms. The maximum absolute atomic E-state index is 10.9. The first-order chi connectivity index (χ1) is 7.92. The lowest BCUT2D eigenvalue weighted by Crippen LogP contribution is -2.21. The highest BCUT2D eigenvalue weighted by atomic mass is 32.2. The Hall–Kier alpha value is -0.810. The van der Waals surface area contributed by atoms with Crippen LogP contribution in [0.3, 0.4) is 0 Å². The van der Waals surface area contributed by atoms with E-state index < -0.39 is 9.84 Å². The highest BCUT2D eigenvalue weighted by molar-refractivity contribution is 7.90. The zero-order valence-corrected chi connectivity index (χ0v) is 11.5. The molecule has 5 heteroatoms. The second kappa shape index (κ2) is 6.21. The zero-order chi connectivity index (χ0) is 12.9. The third-order valence-electron chi connectivity index (χ3n) is 2.73. The molecule has 1 aromatic heterocycles. The van der Waals surface area contributed by atoms with Gasteiger partial charge < -0.3 is 9.73 Å². The van der Waals surface area contributed by atoms with Gasteiger partial charge in [-0.1, -0.05) is 13.8 Å². The summed E-state index contributed by atoms with van der Waals surface area (Å²) in [4.78, 5) is 0. The standard InChI is InChI=1S/C12H21NO3S/c1-4-10(2)12-6-5-11(16-12)9-13-7-8-17(3,14)15/h5-6,10,13H,4,7-9H2,1-3H3. The molecule has 1 heterocycles. The zero-order valence-electron chi connectivity index (χ0n) is 10.7. The van der Waals surface area contributed by atoms with Crippen LogP contribution in [-0.4, -0.2) is 27.0 Å². The Balaban J connectivity index is 2.35. The van der Waals surface area contributed by atoms with Crippen molar-refractivity contribution in [2.45, 2.75) is 32.7 Å². The van der Waals surface area contributed by atoms with Crippen LogP contribution in [0, 0.1) is 0 Å². The Morgan fingerprint density at radius 2 is 2.12 bits per heavy atom. The lowest BCUT2D eigenvalue weighted by molar-refractivity contribution is 0.423. The summed E-state index contributed by atoms with van der Waals surface area (Å²) in [5.41, 5.74) is 0. The van der Waals surface area contributed by atoms with Crippen molar-refractivity contribution in [3.05, 3.63) is 23.7 Å². The lowest BCUT2D eigenvalue weighted by atomic mass is 10.1. The van der Waals surface area contributed by atoms with Crippen LogP contribution in [0.2, 0.25) is 0 Å². The second-order valence-corrected chi connectivity index (χ2v) is 6.68. The van der Waals surface area contributed by atoms with Crippen molar-refractivity contribution >= 4 is 9.84 Å². The average Bonchev–Trinajstić information content (AvgIpc) is 2.70. The van der Waals surface area contributed by atoms with Gasteiger partial charge in [0.2, 0.25) is 0 Å². The predicted molar refractivity (Wildman–Crippen MR) is 68.8 cm³/mol. The molecule has 0 saturated carbocycles. The van der Waals surface area contributed by atoms with Crippen LogP contribution < -0.4 is 5.32 Å². The third kappa shape index (κ3) is 5.37. The molecule has 0 aliphatic heterocycles. The van der Waals surface area contributed by atoms with E-state index >= 15 is 0 Å².